The standard InChI is InChI=1S/C15H23FN2/c1-2-10-18(12-15-4-3-9-17-15)11-13-5-7-14(16)8-6-13/h5-8,15,17H,2-4,9-12H2,1H3. The van der Waals surface area contributed by atoms with Gasteiger partial charge in [-0.15, -0.1) is 0 Å². The Morgan fingerprint density at radius 1 is 1.33 bits per heavy atom. The van der Waals surface area contributed by atoms with E-state index in [0.717, 1.165) is 32.6 Å². The summed E-state index contributed by atoms with van der Waals surface area (Å²) in [6.45, 7) is 6.49. The first-order valence-corrected chi connectivity index (χ1v) is 6.98. The molecule has 0 amide bonds. The average molecular weight is 250 g/mol. The molecule has 100 valence electrons. The van der Waals surface area contributed by atoms with Crippen LogP contribution in [0.5, 0.6) is 0 Å². The Morgan fingerprint density at radius 2 is 2.11 bits per heavy atom. The maximum atomic E-state index is 12.9. The molecule has 1 aliphatic heterocycles. The van der Waals surface area contributed by atoms with Gasteiger partial charge in [0.15, 0.2) is 0 Å². The lowest BCUT2D eigenvalue weighted by Crippen LogP contribution is -2.37. The maximum Gasteiger partial charge on any atom is 0.123 e. The minimum absolute atomic E-state index is 0.154. The molecule has 1 saturated heterocycles. The number of halogens is 1. The monoisotopic (exact) mass is 250 g/mol. The average Bonchev–Trinajstić information content (AvgIpc) is 2.85. The highest BCUT2D eigenvalue weighted by Crippen LogP contribution is 2.11. The van der Waals surface area contributed by atoms with Crippen LogP contribution < -0.4 is 5.32 Å². The third-order valence-corrected chi connectivity index (χ3v) is 3.50. The van der Waals surface area contributed by atoms with Crippen molar-refractivity contribution in [2.45, 2.75) is 38.8 Å². The largest absolute Gasteiger partial charge is 0.313 e. The van der Waals surface area contributed by atoms with Crippen molar-refractivity contribution in [2.75, 3.05) is 19.6 Å². The van der Waals surface area contributed by atoms with Gasteiger partial charge in [-0.3, -0.25) is 4.90 Å². The zero-order valence-corrected chi connectivity index (χ0v) is 11.2. The minimum Gasteiger partial charge on any atom is -0.313 e. The quantitative estimate of drug-likeness (QED) is 0.835. The first kappa shape index (κ1) is 13.5. The minimum atomic E-state index is -0.154. The van der Waals surface area contributed by atoms with Crippen molar-refractivity contribution in [3.63, 3.8) is 0 Å². The summed E-state index contributed by atoms with van der Waals surface area (Å²) in [5, 5.41) is 3.54. The highest BCUT2D eigenvalue weighted by molar-refractivity contribution is 5.15. The second-order valence-corrected chi connectivity index (χ2v) is 5.15. The van der Waals surface area contributed by atoms with E-state index >= 15 is 0 Å². The summed E-state index contributed by atoms with van der Waals surface area (Å²) in [5.74, 6) is -0.154. The molecule has 1 aromatic carbocycles. The molecule has 3 heteroatoms. The fraction of sp³-hybridized carbons (Fsp3) is 0.600. The van der Waals surface area contributed by atoms with E-state index in [4.69, 9.17) is 0 Å². The third-order valence-electron chi connectivity index (χ3n) is 3.50. The van der Waals surface area contributed by atoms with E-state index in [9.17, 15) is 4.39 Å². The molecule has 2 nitrogen and oxygen atoms in total. The van der Waals surface area contributed by atoms with Gasteiger partial charge in [-0.05, 0) is 50.0 Å². The topological polar surface area (TPSA) is 15.3 Å². The molecule has 2 rings (SSSR count). The van der Waals surface area contributed by atoms with Gasteiger partial charge in [0.1, 0.15) is 5.82 Å². The van der Waals surface area contributed by atoms with Crippen LogP contribution in [0.4, 0.5) is 4.39 Å². The molecule has 0 spiro atoms. The van der Waals surface area contributed by atoms with E-state index in [1.807, 2.05) is 12.1 Å². The summed E-state index contributed by atoms with van der Waals surface area (Å²) < 4.78 is 12.9. The summed E-state index contributed by atoms with van der Waals surface area (Å²) in [6.07, 6.45) is 3.73. The predicted octanol–water partition coefficient (Wildman–Crippen LogP) is 2.79. The molecule has 1 heterocycles. The summed E-state index contributed by atoms with van der Waals surface area (Å²) in [6, 6.07) is 7.51. The molecule has 1 unspecified atom stereocenters. The zero-order valence-electron chi connectivity index (χ0n) is 11.2. The number of nitrogens with zero attached hydrogens (tertiary/aromatic N) is 1. The highest BCUT2D eigenvalue weighted by Gasteiger charge is 2.17. The van der Waals surface area contributed by atoms with Gasteiger partial charge in [-0.25, -0.2) is 4.39 Å². The molecule has 0 radical (unpaired) electrons. The Morgan fingerprint density at radius 3 is 2.72 bits per heavy atom. The summed E-state index contributed by atoms with van der Waals surface area (Å²) in [4.78, 5) is 2.47. The van der Waals surface area contributed by atoms with Crippen molar-refractivity contribution in [3.05, 3.63) is 35.6 Å². The van der Waals surface area contributed by atoms with Gasteiger partial charge in [-0.1, -0.05) is 19.1 Å². The number of hydrogen-bond donors (Lipinski definition) is 1. The molecule has 0 saturated carbocycles. The summed E-state index contributed by atoms with van der Waals surface area (Å²) >= 11 is 0. The lowest BCUT2D eigenvalue weighted by atomic mass is 10.1. The molecule has 1 N–H and O–H groups in total. The molecule has 18 heavy (non-hydrogen) atoms. The van der Waals surface area contributed by atoms with E-state index < -0.39 is 0 Å². The molecular formula is C15H23FN2. The van der Waals surface area contributed by atoms with Crippen LogP contribution in [0.2, 0.25) is 0 Å². The molecule has 0 bridgehead atoms. The summed E-state index contributed by atoms with van der Waals surface area (Å²) in [7, 11) is 0. The van der Waals surface area contributed by atoms with Gasteiger partial charge >= 0.3 is 0 Å². The highest BCUT2D eigenvalue weighted by atomic mass is 19.1. The Kier molecular flexibility index (Phi) is 5.14. The van der Waals surface area contributed by atoms with E-state index in [0.29, 0.717) is 6.04 Å². The van der Waals surface area contributed by atoms with Crippen LogP contribution in [0.25, 0.3) is 0 Å². The molecule has 0 aromatic heterocycles. The molecule has 1 aliphatic rings. The smallest absolute Gasteiger partial charge is 0.123 e. The third kappa shape index (κ3) is 4.07. The maximum absolute atomic E-state index is 12.9. The van der Waals surface area contributed by atoms with Crippen LogP contribution in [-0.2, 0) is 6.54 Å². The van der Waals surface area contributed by atoms with Crippen LogP contribution >= 0.6 is 0 Å². The van der Waals surface area contributed by atoms with Crippen molar-refractivity contribution in [1.29, 1.82) is 0 Å². The van der Waals surface area contributed by atoms with E-state index in [-0.39, 0.29) is 5.82 Å². The first-order chi connectivity index (χ1) is 8.78. The number of hydrogen-bond acceptors (Lipinski definition) is 2. The van der Waals surface area contributed by atoms with Crippen molar-refractivity contribution >= 4 is 0 Å². The molecule has 0 aliphatic carbocycles. The van der Waals surface area contributed by atoms with Crippen molar-refractivity contribution in [2.24, 2.45) is 0 Å². The van der Waals surface area contributed by atoms with Gasteiger partial charge < -0.3 is 5.32 Å². The van der Waals surface area contributed by atoms with Crippen molar-refractivity contribution < 1.29 is 4.39 Å². The van der Waals surface area contributed by atoms with Crippen LogP contribution in [0.3, 0.4) is 0 Å². The van der Waals surface area contributed by atoms with Gasteiger partial charge in [0, 0.05) is 19.1 Å². The van der Waals surface area contributed by atoms with Gasteiger partial charge in [-0.2, -0.15) is 0 Å². The second-order valence-electron chi connectivity index (χ2n) is 5.15. The lowest BCUT2D eigenvalue weighted by Gasteiger charge is -2.25. The normalized spacial score (nSPS) is 19.6. The Balaban J connectivity index is 1.90. The van der Waals surface area contributed by atoms with E-state index in [1.54, 1.807) is 12.1 Å². The van der Waals surface area contributed by atoms with Crippen molar-refractivity contribution in [3.8, 4) is 0 Å². The Labute approximate surface area is 109 Å². The molecular weight excluding hydrogens is 227 g/mol. The number of nitrogens with one attached hydrogen (secondary N) is 1. The van der Waals surface area contributed by atoms with E-state index in [2.05, 4.69) is 17.1 Å². The van der Waals surface area contributed by atoms with Crippen LogP contribution in [-0.4, -0.2) is 30.6 Å². The molecule has 1 fully saturated rings. The SMILES string of the molecule is CCCN(Cc1ccc(F)cc1)CC1CCCN1. The van der Waals surface area contributed by atoms with Gasteiger partial charge in [0.25, 0.3) is 0 Å². The zero-order chi connectivity index (χ0) is 12.8. The van der Waals surface area contributed by atoms with Gasteiger partial charge in [0.2, 0.25) is 0 Å². The fourth-order valence-electron chi connectivity index (χ4n) is 2.62. The first-order valence-electron chi connectivity index (χ1n) is 6.98. The Bertz CT molecular complexity index is 344. The van der Waals surface area contributed by atoms with Gasteiger partial charge in [0.05, 0.1) is 0 Å². The lowest BCUT2D eigenvalue weighted by molar-refractivity contribution is 0.241. The number of benzene rings is 1. The van der Waals surface area contributed by atoms with Crippen LogP contribution in [0.15, 0.2) is 24.3 Å². The van der Waals surface area contributed by atoms with Crippen molar-refractivity contribution in [1.82, 2.24) is 10.2 Å². The molecule has 1 atom stereocenters. The molecule has 1 aromatic rings. The van der Waals surface area contributed by atoms with Crippen LogP contribution in [0.1, 0.15) is 31.7 Å². The number of rotatable bonds is 6. The second kappa shape index (κ2) is 6.86. The van der Waals surface area contributed by atoms with E-state index in [1.165, 1.54) is 18.4 Å². The Hall–Kier alpha value is -0.930. The predicted molar refractivity (Wildman–Crippen MR) is 73.0 cm³/mol. The fourth-order valence-corrected chi connectivity index (χ4v) is 2.62. The van der Waals surface area contributed by atoms with Crippen LogP contribution in [0, 0.1) is 5.82 Å². The summed E-state index contributed by atoms with van der Waals surface area (Å²) in [5.41, 5.74) is 1.20.